The van der Waals surface area contributed by atoms with Crippen LogP contribution in [0.25, 0.3) is 5.69 Å². The molecular formula is C18H21FN4O3. The Kier molecular flexibility index (Phi) is 5.01. The first kappa shape index (κ1) is 18.0. The van der Waals surface area contributed by atoms with Gasteiger partial charge in [0, 0.05) is 6.54 Å². The molecule has 2 N–H and O–H groups in total. The molecule has 0 unspecified atom stereocenters. The Hall–Kier alpha value is -2.77. The van der Waals surface area contributed by atoms with Crippen LogP contribution < -0.4 is 5.32 Å². The lowest BCUT2D eigenvalue weighted by Gasteiger charge is -2.32. The predicted molar refractivity (Wildman–Crippen MR) is 91.5 cm³/mol. The second-order valence-corrected chi connectivity index (χ2v) is 6.70. The molecule has 1 aliphatic carbocycles. The van der Waals surface area contributed by atoms with E-state index >= 15 is 0 Å². The van der Waals surface area contributed by atoms with E-state index in [0.717, 1.165) is 19.3 Å². The third-order valence-corrected chi connectivity index (χ3v) is 4.89. The number of benzene rings is 1. The maximum Gasteiger partial charge on any atom is 0.311 e. The van der Waals surface area contributed by atoms with Crippen molar-refractivity contribution >= 4 is 11.9 Å². The van der Waals surface area contributed by atoms with Gasteiger partial charge in [0.15, 0.2) is 0 Å². The summed E-state index contributed by atoms with van der Waals surface area (Å²) in [6.07, 6.45) is 3.82. The molecule has 1 aromatic carbocycles. The number of aromatic nitrogens is 3. The van der Waals surface area contributed by atoms with Gasteiger partial charge in [-0.1, -0.05) is 19.3 Å². The lowest BCUT2D eigenvalue weighted by atomic mass is 9.74. The average Bonchev–Trinajstić information content (AvgIpc) is 3.03. The minimum atomic E-state index is -0.914. The molecule has 138 valence electrons. The molecule has 0 atom stereocenters. The van der Waals surface area contributed by atoms with Crippen molar-refractivity contribution in [2.45, 2.75) is 39.0 Å². The number of carbonyl (C=O) groups excluding carboxylic acids is 1. The highest BCUT2D eigenvalue weighted by Crippen LogP contribution is 2.36. The van der Waals surface area contributed by atoms with Crippen LogP contribution in [0.15, 0.2) is 24.3 Å². The standard InChI is InChI=1S/C18H21FN4O3/c1-12-21-15(22-23(12)14-7-5-13(19)6-8-14)16(24)20-11-18(17(25)26)9-3-2-4-10-18/h5-8H,2-4,9-11H2,1H3,(H,20,24)(H,25,26). The molecule has 1 saturated carbocycles. The van der Waals surface area contributed by atoms with Gasteiger partial charge in [0.1, 0.15) is 11.6 Å². The molecule has 1 aromatic heterocycles. The predicted octanol–water partition coefficient (Wildman–Crippen LogP) is 2.48. The average molecular weight is 360 g/mol. The van der Waals surface area contributed by atoms with E-state index in [1.54, 1.807) is 19.1 Å². The molecule has 1 heterocycles. The van der Waals surface area contributed by atoms with E-state index in [9.17, 15) is 19.1 Å². The smallest absolute Gasteiger partial charge is 0.311 e. The van der Waals surface area contributed by atoms with Crippen LogP contribution in [0.4, 0.5) is 4.39 Å². The summed E-state index contributed by atoms with van der Waals surface area (Å²) < 4.78 is 14.5. The monoisotopic (exact) mass is 360 g/mol. The van der Waals surface area contributed by atoms with E-state index in [1.165, 1.54) is 16.8 Å². The summed E-state index contributed by atoms with van der Waals surface area (Å²) >= 11 is 0. The molecule has 7 nitrogen and oxygen atoms in total. The molecule has 1 amide bonds. The molecule has 1 fully saturated rings. The number of amides is 1. The second kappa shape index (κ2) is 7.23. The molecule has 3 rings (SSSR count). The summed E-state index contributed by atoms with van der Waals surface area (Å²) in [6, 6.07) is 5.69. The van der Waals surface area contributed by atoms with Gasteiger partial charge in [-0.2, -0.15) is 0 Å². The molecule has 0 aliphatic heterocycles. The molecular weight excluding hydrogens is 339 g/mol. The Morgan fingerprint density at radius 3 is 2.50 bits per heavy atom. The number of aryl methyl sites for hydroxylation is 1. The molecule has 0 bridgehead atoms. The number of carboxylic acids is 1. The summed E-state index contributed by atoms with van der Waals surface area (Å²) in [4.78, 5) is 28.2. The molecule has 0 spiro atoms. The van der Waals surface area contributed by atoms with Gasteiger partial charge in [0.2, 0.25) is 5.82 Å². The van der Waals surface area contributed by atoms with Crippen molar-refractivity contribution in [3.63, 3.8) is 0 Å². The summed E-state index contributed by atoms with van der Waals surface area (Å²) in [5.41, 5.74) is -0.326. The third kappa shape index (κ3) is 3.58. The molecule has 0 saturated heterocycles. The first-order chi connectivity index (χ1) is 12.4. The van der Waals surface area contributed by atoms with Crippen molar-refractivity contribution in [2.75, 3.05) is 6.54 Å². The van der Waals surface area contributed by atoms with Crippen molar-refractivity contribution < 1.29 is 19.1 Å². The maximum absolute atomic E-state index is 13.1. The normalized spacial score (nSPS) is 16.2. The quantitative estimate of drug-likeness (QED) is 0.854. The zero-order chi connectivity index (χ0) is 18.7. The second-order valence-electron chi connectivity index (χ2n) is 6.70. The SMILES string of the molecule is Cc1nc(C(=O)NCC2(C(=O)O)CCCCC2)nn1-c1ccc(F)cc1. The van der Waals surface area contributed by atoms with E-state index in [4.69, 9.17) is 0 Å². The largest absolute Gasteiger partial charge is 0.481 e. The number of aliphatic carboxylic acids is 1. The van der Waals surface area contributed by atoms with Gasteiger partial charge >= 0.3 is 5.97 Å². The summed E-state index contributed by atoms with van der Waals surface area (Å²) in [6.45, 7) is 1.75. The fourth-order valence-corrected chi connectivity index (χ4v) is 3.34. The summed E-state index contributed by atoms with van der Waals surface area (Å²) in [5.74, 6) is -1.31. The highest BCUT2D eigenvalue weighted by atomic mass is 19.1. The van der Waals surface area contributed by atoms with Crippen LogP contribution in [0, 0.1) is 18.2 Å². The first-order valence-electron chi connectivity index (χ1n) is 8.62. The minimum Gasteiger partial charge on any atom is -0.481 e. The summed E-state index contributed by atoms with van der Waals surface area (Å²) in [7, 11) is 0. The van der Waals surface area contributed by atoms with Crippen LogP contribution in [-0.2, 0) is 4.79 Å². The number of carbonyl (C=O) groups is 2. The Labute approximate surface area is 150 Å². The van der Waals surface area contributed by atoms with Gasteiger partial charge in [0.05, 0.1) is 11.1 Å². The summed E-state index contributed by atoms with van der Waals surface area (Å²) in [5, 5.41) is 16.4. The van der Waals surface area contributed by atoms with Crippen molar-refractivity contribution in [1.29, 1.82) is 0 Å². The molecule has 26 heavy (non-hydrogen) atoms. The molecule has 1 aliphatic rings. The Morgan fingerprint density at radius 2 is 1.88 bits per heavy atom. The van der Waals surface area contributed by atoms with E-state index in [1.807, 2.05) is 0 Å². The van der Waals surface area contributed by atoms with Gasteiger partial charge in [-0.05, 0) is 44.0 Å². The number of hydrogen-bond donors (Lipinski definition) is 2. The van der Waals surface area contributed by atoms with Crippen molar-refractivity contribution in [1.82, 2.24) is 20.1 Å². The zero-order valence-electron chi connectivity index (χ0n) is 14.5. The van der Waals surface area contributed by atoms with E-state index in [0.29, 0.717) is 24.4 Å². The Balaban J connectivity index is 1.73. The van der Waals surface area contributed by atoms with E-state index < -0.39 is 17.3 Å². The number of hydrogen-bond acceptors (Lipinski definition) is 4. The number of rotatable bonds is 5. The fraction of sp³-hybridized carbons (Fsp3) is 0.444. The van der Waals surface area contributed by atoms with E-state index in [2.05, 4.69) is 15.4 Å². The zero-order valence-corrected chi connectivity index (χ0v) is 14.5. The van der Waals surface area contributed by atoms with Crippen molar-refractivity contribution in [3.05, 3.63) is 41.7 Å². The number of nitrogens with zero attached hydrogens (tertiary/aromatic N) is 3. The van der Waals surface area contributed by atoms with Gasteiger partial charge in [-0.3, -0.25) is 9.59 Å². The highest BCUT2D eigenvalue weighted by Gasteiger charge is 2.40. The van der Waals surface area contributed by atoms with Gasteiger partial charge in [0.25, 0.3) is 5.91 Å². The van der Waals surface area contributed by atoms with Gasteiger partial charge in [-0.15, -0.1) is 5.10 Å². The number of carboxylic acid groups (broad SMARTS) is 1. The molecule has 8 heteroatoms. The number of halogens is 1. The van der Waals surface area contributed by atoms with Gasteiger partial charge < -0.3 is 10.4 Å². The Morgan fingerprint density at radius 1 is 1.23 bits per heavy atom. The van der Waals surface area contributed by atoms with Crippen molar-refractivity contribution in [2.24, 2.45) is 5.41 Å². The van der Waals surface area contributed by atoms with Crippen LogP contribution in [0.5, 0.6) is 0 Å². The maximum atomic E-state index is 13.1. The van der Waals surface area contributed by atoms with Crippen LogP contribution in [-0.4, -0.2) is 38.3 Å². The van der Waals surface area contributed by atoms with Crippen molar-refractivity contribution in [3.8, 4) is 5.69 Å². The lowest BCUT2D eigenvalue weighted by molar-refractivity contribution is -0.150. The Bertz CT molecular complexity index is 810. The fourth-order valence-electron chi connectivity index (χ4n) is 3.34. The molecule has 2 aromatic rings. The first-order valence-corrected chi connectivity index (χ1v) is 8.62. The van der Waals surface area contributed by atoms with Crippen LogP contribution >= 0.6 is 0 Å². The highest BCUT2D eigenvalue weighted by molar-refractivity contribution is 5.91. The van der Waals surface area contributed by atoms with E-state index in [-0.39, 0.29) is 18.2 Å². The topological polar surface area (TPSA) is 97.1 Å². The van der Waals surface area contributed by atoms with Crippen LogP contribution in [0.1, 0.15) is 48.5 Å². The minimum absolute atomic E-state index is 0.0387. The van der Waals surface area contributed by atoms with Crippen LogP contribution in [0.2, 0.25) is 0 Å². The molecule has 0 radical (unpaired) electrons. The number of nitrogens with one attached hydrogen (secondary N) is 1. The lowest BCUT2D eigenvalue weighted by Crippen LogP contribution is -2.44. The van der Waals surface area contributed by atoms with Crippen LogP contribution in [0.3, 0.4) is 0 Å². The van der Waals surface area contributed by atoms with Gasteiger partial charge in [-0.25, -0.2) is 14.1 Å². The third-order valence-electron chi connectivity index (χ3n) is 4.89.